The van der Waals surface area contributed by atoms with Crippen molar-refractivity contribution >= 4 is 5.91 Å². The van der Waals surface area contributed by atoms with Gasteiger partial charge in [0.15, 0.2) is 0 Å². The summed E-state index contributed by atoms with van der Waals surface area (Å²) in [5.74, 6) is 1.49. The van der Waals surface area contributed by atoms with Crippen LogP contribution in [0.5, 0.6) is 5.75 Å². The summed E-state index contributed by atoms with van der Waals surface area (Å²) in [4.78, 5) is 14.3. The molecule has 1 aliphatic heterocycles. The first kappa shape index (κ1) is 16.4. The van der Waals surface area contributed by atoms with Gasteiger partial charge < -0.3 is 14.2 Å². The van der Waals surface area contributed by atoms with E-state index in [2.05, 4.69) is 10.2 Å². The summed E-state index contributed by atoms with van der Waals surface area (Å²) in [6.07, 6.45) is 3.97. The fraction of sp³-hybridized carbons (Fsp3) is 0.471. The first-order chi connectivity index (χ1) is 11.6. The number of piperidine rings is 1. The average Bonchev–Trinajstić information content (AvgIpc) is 3.03. The molecule has 2 heterocycles. The van der Waals surface area contributed by atoms with Gasteiger partial charge in [-0.25, -0.2) is 4.39 Å². The molecule has 0 aliphatic carbocycles. The van der Waals surface area contributed by atoms with Crippen LogP contribution in [0, 0.1) is 5.82 Å². The molecule has 24 heavy (non-hydrogen) atoms. The molecule has 0 spiro atoms. The molecule has 1 saturated heterocycles. The van der Waals surface area contributed by atoms with Crippen molar-refractivity contribution in [2.45, 2.75) is 25.2 Å². The molecule has 7 heteroatoms. The van der Waals surface area contributed by atoms with Crippen molar-refractivity contribution in [1.29, 1.82) is 0 Å². The molecule has 3 rings (SSSR count). The van der Waals surface area contributed by atoms with Crippen LogP contribution in [0.25, 0.3) is 0 Å². The van der Waals surface area contributed by atoms with E-state index >= 15 is 0 Å². The Morgan fingerprint density at radius 2 is 2.17 bits per heavy atom. The van der Waals surface area contributed by atoms with Crippen LogP contribution in [0.15, 0.2) is 30.6 Å². The van der Waals surface area contributed by atoms with E-state index in [0.717, 1.165) is 25.2 Å². The van der Waals surface area contributed by atoms with Gasteiger partial charge in [0, 0.05) is 26.1 Å². The highest BCUT2D eigenvalue weighted by molar-refractivity contribution is 5.76. The molecule has 0 bridgehead atoms. The van der Waals surface area contributed by atoms with E-state index in [0.29, 0.717) is 18.7 Å². The fourth-order valence-corrected chi connectivity index (χ4v) is 3.02. The van der Waals surface area contributed by atoms with Crippen molar-refractivity contribution in [3.05, 3.63) is 42.2 Å². The van der Waals surface area contributed by atoms with Crippen LogP contribution in [0.3, 0.4) is 0 Å². The number of carbonyl (C=O) groups is 1. The summed E-state index contributed by atoms with van der Waals surface area (Å²) in [6.45, 7) is 1.72. The Labute approximate surface area is 140 Å². The van der Waals surface area contributed by atoms with Crippen molar-refractivity contribution in [2.24, 2.45) is 7.05 Å². The van der Waals surface area contributed by atoms with Gasteiger partial charge in [-0.3, -0.25) is 4.79 Å². The predicted molar refractivity (Wildman–Crippen MR) is 86.1 cm³/mol. The second-order valence-corrected chi connectivity index (χ2v) is 6.03. The van der Waals surface area contributed by atoms with Crippen LogP contribution in [0.4, 0.5) is 4.39 Å². The maximum absolute atomic E-state index is 12.8. The Morgan fingerprint density at radius 1 is 1.38 bits per heavy atom. The maximum Gasteiger partial charge on any atom is 0.226 e. The van der Waals surface area contributed by atoms with Crippen LogP contribution in [0.2, 0.25) is 0 Å². The molecule has 1 aliphatic rings. The lowest BCUT2D eigenvalue weighted by Gasteiger charge is -2.32. The number of likely N-dealkylation sites (tertiary alicyclic amines) is 1. The van der Waals surface area contributed by atoms with E-state index in [-0.39, 0.29) is 24.2 Å². The Kier molecular flexibility index (Phi) is 5.08. The molecule has 0 N–H and O–H groups in total. The van der Waals surface area contributed by atoms with Crippen LogP contribution in [0.1, 0.15) is 31.0 Å². The van der Waals surface area contributed by atoms with Gasteiger partial charge in [-0.15, -0.1) is 10.2 Å². The first-order valence-electron chi connectivity index (χ1n) is 8.13. The van der Waals surface area contributed by atoms with Gasteiger partial charge in [-0.1, -0.05) is 0 Å². The molecule has 0 saturated carbocycles. The number of halogens is 1. The van der Waals surface area contributed by atoms with E-state index < -0.39 is 0 Å². The molecule has 1 aromatic heterocycles. The van der Waals surface area contributed by atoms with Gasteiger partial charge in [-0.2, -0.15) is 0 Å². The van der Waals surface area contributed by atoms with Crippen LogP contribution in [-0.4, -0.2) is 45.3 Å². The summed E-state index contributed by atoms with van der Waals surface area (Å²) in [7, 11) is 1.92. The largest absolute Gasteiger partial charge is 0.493 e. The van der Waals surface area contributed by atoms with Gasteiger partial charge >= 0.3 is 0 Å². The maximum atomic E-state index is 12.8. The predicted octanol–water partition coefficient (Wildman–Crippen LogP) is 2.13. The van der Waals surface area contributed by atoms with Gasteiger partial charge in [0.25, 0.3) is 0 Å². The Hall–Kier alpha value is -2.44. The lowest BCUT2D eigenvalue weighted by atomic mass is 9.97. The Bertz CT molecular complexity index is 686. The standard InChI is InChI=1S/C17H21FN4O2/c1-21-12-19-20-17(21)13-3-2-9-22(11-13)16(23)8-10-24-15-6-4-14(18)5-7-15/h4-7,12-13H,2-3,8-11H2,1H3/t13-/m0/s1. The van der Waals surface area contributed by atoms with Gasteiger partial charge in [0.05, 0.1) is 13.0 Å². The normalized spacial score (nSPS) is 17.8. The third-order valence-corrected chi connectivity index (χ3v) is 4.28. The van der Waals surface area contributed by atoms with E-state index in [4.69, 9.17) is 4.74 Å². The SMILES string of the molecule is Cn1cnnc1[C@H]1CCCN(C(=O)CCOc2ccc(F)cc2)C1. The number of rotatable bonds is 5. The summed E-state index contributed by atoms with van der Waals surface area (Å²) < 4.78 is 20.2. The number of aryl methyl sites for hydroxylation is 1. The van der Waals surface area contributed by atoms with Gasteiger partial charge in [0.1, 0.15) is 23.7 Å². The fourth-order valence-electron chi connectivity index (χ4n) is 3.02. The third-order valence-electron chi connectivity index (χ3n) is 4.28. The molecule has 1 aromatic carbocycles. The minimum Gasteiger partial charge on any atom is -0.493 e. The van der Waals surface area contributed by atoms with Gasteiger partial charge in [-0.05, 0) is 37.1 Å². The van der Waals surface area contributed by atoms with E-state index in [1.165, 1.54) is 12.1 Å². The minimum absolute atomic E-state index is 0.0731. The summed E-state index contributed by atoms with van der Waals surface area (Å²) in [5, 5.41) is 8.08. The van der Waals surface area contributed by atoms with Gasteiger partial charge in [0.2, 0.25) is 5.91 Å². The number of ether oxygens (including phenoxy) is 1. The van der Waals surface area contributed by atoms with Crippen LogP contribution < -0.4 is 4.74 Å². The topological polar surface area (TPSA) is 60.2 Å². The van der Waals surface area contributed by atoms with Crippen molar-refractivity contribution in [3.8, 4) is 5.75 Å². The minimum atomic E-state index is -0.304. The zero-order valence-corrected chi connectivity index (χ0v) is 13.7. The molecular formula is C17H21FN4O2. The summed E-state index contributed by atoms with van der Waals surface area (Å²) in [5.41, 5.74) is 0. The highest BCUT2D eigenvalue weighted by Gasteiger charge is 2.27. The average molecular weight is 332 g/mol. The summed E-state index contributed by atoms with van der Waals surface area (Å²) in [6, 6.07) is 5.80. The lowest BCUT2D eigenvalue weighted by Crippen LogP contribution is -2.40. The molecule has 2 aromatic rings. The van der Waals surface area contributed by atoms with Crippen molar-refractivity contribution in [3.63, 3.8) is 0 Å². The van der Waals surface area contributed by atoms with E-state index in [1.54, 1.807) is 18.5 Å². The lowest BCUT2D eigenvalue weighted by molar-refractivity contribution is -0.133. The second kappa shape index (κ2) is 7.42. The molecular weight excluding hydrogens is 311 g/mol. The molecule has 1 fully saturated rings. The monoisotopic (exact) mass is 332 g/mol. The molecule has 6 nitrogen and oxygen atoms in total. The molecule has 1 amide bonds. The zero-order valence-electron chi connectivity index (χ0n) is 13.7. The first-order valence-corrected chi connectivity index (χ1v) is 8.13. The molecule has 0 radical (unpaired) electrons. The van der Waals surface area contributed by atoms with Crippen molar-refractivity contribution in [2.75, 3.05) is 19.7 Å². The van der Waals surface area contributed by atoms with E-state index in [1.807, 2.05) is 16.5 Å². The number of carbonyl (C=O) groups excluding carboxylic acids is 1. The summed E-state index contributed by atoms with van der Waals surface area (Å²) >= 11 is 0. The van der Waals surface area contributed by atoms with Crippen molar-refractivity contribution < 1.29 is 13.9 Å². The number of hydrogen-bond donors (Lipinski definition) is 0. The third kappa shape index (κ3) is 3.90. The smallest absolute Gasteiger partial charge is 0.226 e. The zero-order chi connectivity index (χ0) is 16.9. The molecule has 0 unspecified atom stereocenters. The quantitative estimate of drug-likeness (QED) is 0.841. The Morgan fingerprint density at radius 3 is 2.88 bits per heavy atom. The molecule has 1 atom stereocenters. The number of benzene rings is 1. The number of hydrogen-bond acceptors (Lipinski definition) is 4. The van der Waals surface area contributed by atoms with Crippen molar-refractivity contribution in [1.82, 2.24) is 19.7 Å². The highest BCUT2D eigenvalue weighted by Crippen LogP contribution is 2.25. The highest BCUT2D eigenvalue weighted by atomic mass is 19.1. The Balaban J connectivity index is 1.49. The number of aromatic nitrogens is 3. The van der Waals surface area contributed by atoms with Crippen LogP contribution >= 0.6 is 0 Å². The van der Waals surface area contributed by atoms with E-state index in [9.17, 15) is 9.18 Å². The second-order valence-electron chi connectivity index (χ2n) is 6.03. The number of amides is 1. The van der Waals surface area contributed by atoms with Crippen LogP contribution in [-0.2, 0) is 11.8 Å². The number of nitrogens with zero attached hydrogens (tertiary/aromatic N) is 4. The molecule has 128 valence electrons.